The van der Waals surface area contributed by atoms with Crippen molar-refractivity contribution >= 4 is 30.5 Å². The number of carbonyl (C=O) groups excluding carboxylic acids is 4. The highest BCUT2D eigenvalue weighted by Crippen LogP contribution is 2.02. The van der Waals surface area contributed by atoms with Gasteiger partial charge in [0.15, 0.2) is 0 Å². The van der Waals surface area contributed by atoms with E-state index in [9.17, 15) is 19.2 Å². The molecule has 1 rings (SSSR count). The van der Waals surface area contributed by atoms with Gasteiger partial charge in [0, 0.05) is 6.42 Å². The zero-order valence-electron chi connectivity index (χ0n) is 13.5. The van der Waals surface area contributed by atoms with Gasteiger partial charge in [-0.05, 0) is 17.7 Å². The maximum atomic E-state index is 12.0. The van der Waals surface area contributed by atoms with Crippen LogP contribution in [0.1, 0.15) is 5.56 Å². The van der Waals surface area contributed by atoms with E-state index in [4.69, 9.17) is 0 Å². The smallest absolute Gasteiger partial charge is 0.272 e. The summed E-state index contributed by atoms with van der Waals surface area (Å²) in [4.78, 5) is 43.8. The first-order chi connectivity index (χ1) is 12.2. The molecular formula is C18H19N3O4. The van der Waals surface area contributed by atoms with E-state index in [1.807, 2.05) is 30.3 Å². The highest BCUT2D eigenvalue weighted by molar-refractivity contribution is 6.43. The Labute approximate surface area is 145 Å². The van der Waals surface area contributed by atoms with Crippen molar-refractivity contribution in [2.45, 2.75) is 12.5 Å². The molecule has 1 aromatic rings. The highest BCUT2D eigenvalue weighted by Gasteiger charge is 2.10. The fraction of sp³-hybridized carbons (Fsp3) is 0.167. The zero-order valence-corrected chi connectivity index (χ0v) is 13.5. The number of carbonyl (C=O) groups is 4. The lowest BCUT2D eigenvalue weighted by Crippen LogP contribution is -2.35. The molecule has 0 saturated carbocycles. The number of rotatable bonds is 11. The molecule has 0 fully saturated rings. The van der Waals surface area contributed by atoms with Gasteiger partial charge in [0.25, 0.3) is 5.91 Å². The second-order valence-corrected chi connectivity index (χ2v) is 4.82. The van der Waals surface area contributed by atoms with Gasteiger partial charge in [0.05, 0.1) is 6.54 Å². The Kier molecular flexibility index (Phi) is 9.55. The fourth-order valence-electron chi connectivity index (χ4n) is 1.79. The summed E-state index contributed by atoms with van der Waals surface area (Å²) in [7, 11) is 0. The predicted molar refractivity (Wildman–Crippen MR) is 94.0 cm³/mol. The van der Waals surface area contributed by atoms with Crippen LogP contribution in [0.5, 0.6) is 0 Å². The van der Waals surface area contributed by atoms with Crippen molar-refractivity contribution in [3.8, 4) is 0 Å². The van der Waals surface area contributed by atoms with Crippen molar-refractivity contribution in [2.24, 2.45) is 5.10 Å². The number of benzene rings is 1. The normalized spacial score (nSPS) is 12.7. The van der Waals surface area contributed by atoms with E-state index in [-0.39, 0.29) is 12.3 Å². The van der Waals surface area contributed by atoms with Crippen LogP contribution in [0.15, 0.2) is 59.7 Å². The van der Waals surface area contributed by atoms with E-state index in [1.54, 1.807) is 0 Å². The van der Waals surface area contributed by atoms with E-state index in [1.165, 1.54) is 24.3 Å². The van der Waals surface area contributed by atoms with Gasteiger partial charge in [-0.25, -0.2) is 0 Å². The summed E-state index contributed by atoms with van der Waals surface area (Å²) in [6.07, 6.45) is 7.72. The Balaban J connectivity index is 2.82. The molecule has 7 nitrogen and oxygen atoms in total. The van der Waals surface area contributed by atoms with Crippen molar-refractivity contribution in [2.75, 3.05) is 6.54 Å². The van der Waals surface area contributed by atoms with E-state index in [0.29, 0.717) is 25.3 Å². The number of allylic oxidation sites excluding steroid dienone is 3. The highest BCUT2D eigenvalue weighted by atomic mass is 16.2. The molecule has 0 aliphatic rings. The maximum Gasteiger partial charge on any atom is 0.272 e. The van der Waals surface area contributed by atoms with Crippen molar-refractivity contribution in [1.29, 1.82) is 0 Å². The first kappa shape index (κ1) is 19.7. The van der Waals surface area contributed by atoms with Crippen LogP contribution in [-0.2, 0) is 25.6 Å². The topological polar surface area (TPSA) is 105 Å². The lowest BCUT2D eigenvalue weighted by atomic mass is 10.1. The number of amides is 1. The summed E-state index contributed by atoms with van der Waals surface area (Å²) in [5.41, 5.74) is 3.56. The van der Waals surface area contributed by atoms with E-state index in [2.05, 4.69) is 15.8 Å². The van der Waals surface area contributed by atoms with Gasteiger partial charge >= 0.3 is 0 Å². The Morgan fingerprint density at radius 2 is 1.84 bits per heavy atom. The summed E-state index contributed by atoms with van der Waals surface area (Å²) < 4.78 is 0. The number of nitrogens with zero attached hydrogens (tertiary/aromatic N) is 1. The lowest BCUT2D eigenvalue weighted by molar-refractivity contribution is -0.117. The molecule has 0 aliphatic carbocycles. The molecule has 0 bridgehead atoms. The minimum absolute atomic E-state index is 0.0303. The van der Waals surface area contributed by atoms with E-state index >= 15 is 0 Å². The third kappa shape index (κ3) is 8.17. The largest absolute Gasteiger partial charge is 0.344 e. The number of aldehydes is 3. The molecule has 7 heteroatoms. The monoisotopic (exact) mass is 341 g/mol. The molecule has 0 spiro atoms. The quantitative estimate of drug-likeness (QED) is 0.199. The first-order valence-electron chi connectivity index (χ1n) is 7.54. The molecule has 1 aromatic carbocycles. The van der Waals surface area contributed by atoms with Gasteiger partial charge in [0.1, 0.15) is 30.6 Å². The average molecular weight is 341 g/mol. The minimum atomic E-state index is -0.616. The zero-order chi connectivity index (χ0) is 18.3. The molecule has 25 heavy (non-hydrogen) atoms. The number of nitrogens with one attached hydrogen (secondary N) is 2. The van der Waals surface area contributed by atoms with Crippen LogP contribution in [0.4, 0.5) is 0 Å². The number of hydrogen-bond donors (Lipinski definition) is 2. The van der Waals surface area contributed by atoms with E-state index < -0.39 is 11.9 Å². The fourth-order valence-corrected chi connectivity index (χ4v) is 1.79. The third-order valence-corrected chi connectivity index (χ3v) is 2.95. The summed E-state index contributed by atoms with van der Waals surface area (Å²) in [6.45, 7) is -0.156. The Morgan fingerprint density at radius 3 is 2.48 bits per heavy atom. The molecule has 0 aromatic heterocycles. The third-order valence-electron chi connectivity index (χ3n) is 2.95. The summed E-state index contributed by atoms with van der Waals surface area (Å²) >= 11 is 0. The first-order valence-corrected chi connectivity index (χ1v) is 7.54. The van der Waals surface area contributed by atoms with Gasteiger partial charge in [-0.15, -0.1) is 0 Å². The molecule has 130 valence electrons. The van der Waals surface area contributed by atoms with E-state index in [0.717, 1.165) is 5.56 Å². The molecule has 0 aliphatic heterocycles. The van der Waals surface area contributed by atoms with Gasteiger partial charge in [-0.2, -0.15) is 5.10 Å². The van der Waals surface area contributed by atoms with Gasteiger partial charge < -0.3 is 14.9 Å². The molecule has 1 atom stereocenters. The molecule has 0 heterocycles. The molecule has 0 saturated heterocycles. The molecule has 0 radical (unpaired) electrons. The minimum Gasteiger partial charge on any atom is -0.344 e. The van der Waals surface area contributed by atoms with Crippen LogP contribution < -0.4 is 10.7 Å². The van der Waals surface area contributed by atoms with Crippen molar-refractivity contribution < 1.29 is 19.2 Å². The van der Waals surface area contributed by atoms with Crippen LogP contribution in [0.2, 0.25) is 0 Å². The predicted octanol–water partition coefficient (Wildman–Crippen LogP) is 0.369. The lowest BCUT2D eigenvalue weighted by Gasteiger charge is -2.11. The second-order valence-electron chi connectivity index (χ2n) is 4.82. The second kappa shape index (κ2) is 12.1. The maximum absolute atomic E-state index is 12.0. The van der Waals surface area contributed by atoms with Crippen molar-refractivity contribution in [3.05, 3.63) is 60.2 Å². The van der Waals surface area contributed by atoms with Crippen LogP contribution in [0.25, 0.3) is 0 Å². The molecule has 2 N–H and O–H groups in total. The summed E-state index contributed by atoms with van der Waals surface area (Å²) in [5, 5.41) is 6.29. The molecule has 1 unspecified atom stereocenters. The molecule has 1 amide bonds. The van der Waals surface area contributed by atoms with Gasteiger partial charge in [-0.1, -0.05) is 42.5 Å². The van der Waals surface area contributed by atoms with Crippen LogP contribution >= 0.6 is 0 Å². The van der Waals surface area contributed by atoms with Crippen LogP contribution in [0, 0.1) is 0 Å². The van der Waals surface area contributed by atoms with Crippen molar-refractivity contribution in [3.63, 3.8) is 0 Å². The average Bonchev–Trinajstić information content (AvgIpc) is 2.65. The Morgan fingerprint density at radius 1 is 1.08 bits per heavy atom. The Hall–Kier alpha value is -3.35. The van der Waals surface area contributed by atoms with Crippen LogP contribution in [-0.4, -0.2) is 43.1 Å². The summed E-state index contributed by atoms with van der Waals surface area (Å²) in [6, 6.07) is 8.74. The SMILES string of the molecule is O=C/C=C/C=C\C(=N/NC(C=O)Cc1ccccc1)C(=O)NCC=O. The Bertz CT molecular complexity index is 666. The number of hydrazone groups is 1. The van der Waals surface area contributed by atoms with Gasteiger partial charge in [-0.3, -0.25) is 15.0 Å². The summed E-state index contributed by atoms with van der Waals surface area (Å²) in [5.74, 6) is -0.584. The van der Waals surface area contributed by atoms with Crippen LogP contribution in [0.3, 0.4) is 0 Å². The number of hydrogen-bond acceptors (Lipinski definition) is 6. The molecular weight excluding hydrogens is 322 g/mol. The van der Waals surface area contributed by atoms with Crippen molar-refractivity contribution in [1.82, 2.24) is 10.7 Å². The van der Waals surface area contributed by atoms with Gasteiger partial charge in [0.2, 0.25) is 0 Å². The standard InChI is InChI=1S/C18H19N3O4/c22-11-6-2-5-9-17(18(25)19-10-12-23)21-20-16(14-24)13-15-7-3-1-4-8-15/h1-9,11-12,14,16,20H,10,13H2,(H,19,25)/b6-2+,9-5-,21-17+.